The van der Waals surface area contributed by atoms with Gasteiger partial charge in [-0.3, -0.25) is 9.59 Å². The van der Waals surface area contributed by atoms with Crippen molar-refractivity contribution >= 4 is 11.8 Å². The zero-order valence-corrected chi connectivity index (χ0v) is 15.6. The van der Waals surface area contributed by atoms with E-state index in [1.165, 1.54) is 0 Å². The summed E-state index contributed by atoms with van der Waals surface area (Å²) in [5.74, 6) is 0.0214. The van der Waals surface area contributed by atoms with Gasteiger partial charge in [0.1, 0.15) is 6.04 Å². The summed E-state index contributed by atoms with van der Waals surface area (Å²) < 4.78 is 5.44. The number of carbonyl (C=O) groups excluding carboxylic acids is 2. The van der Waals surface area contributed by atoms with Crippen molar-refractivity contribution < 1.29 is 14.3 Å². The molecule has 1 aliphatic heterocycles. The van der Waals surface area contributed by atoms with Gasteiger partial charge in [-0.25, -0.2) is 0 Å². The Bertz CT molecular complexity index is 743. The molecule has 27 heavy (non-hydrogen) atoms. The second-order valence-electron chi connectivity index (χ2n) is 6.79. The second kappa shape index (κ2) is 9.33. The van der Waals surface area contributed by atoms with E-state index in [2.05, 4.69) is 5.32 Å². The van der Waals surface area contributed by atoms with Crippen molar-refractivity contribution in [3.8, 4) is 0 Å². The number of rotatable bonds is 7. The Labute approximate surface area is 160 Å². The Morgan fingerprint density at radius 2 is 1.78 bits per heavy atom. The molecule has 2 amide bonds. The Morgan fingerprint density at radius 1 is 1.11 bits per heavy atom. The summed E-state index contributed by atoms with van der Waals surface area (Å²) in [6, 6.07) is 17.7. The Hall–Kier alpha value is -2.66. The number of nitrogens with zero attached hydrogens (tertiary/aromatic N) is 1. The first kappa shape index (κ1) is 19.1. The van der Waals surface area contributed by atoms with Crippen molar-refractivity contribution in [2.45, 2.75) is 19.4 Å². The number of hydrogen-bond donors (Lipinski definition) is 1. The van der Waals surface area contributed by atoms with E-state index in [4.69, 9.17) is 4.74 Å². The monoisotopic (exact) mass is 366 g/mol. The van der Waals surface area contributed by atoms with Crippen LogP contribution in [0.15, 0.2) is 60.7 Å². The Balaban J connectivity index is 1.80. The predicted molar refractivity (Wildman–Crippen MR) is 104 cm³/mol. The molecule has 1 heterocycles. The third kappa shape index (κ3) is 4.95. The van der Waals surface area contributed by atoms with Crippen molar-refractivity contribution in [2.24, 2.45) is 5.92 Å². The Kier molecular flexibility index (Phi) is 6.60. The molecule has 5 nitrogen and oxygen atoms in total. The lowest BCUT2D eigenvalue weighted by Gasteiger charge is -2.29. The van der Waals surface area contributed by atoms with E-state index >= 15 is 0 Å². The molecule has 3 rings (SSSR count). The quantitative estimate of drug-likeness (QED) is 0.819. The molecule has 1 aliphatic rings. The fourth-order valence-electron chi connectivity index (χ4n) is 3.33. The van der Waals surface area contributed by atoms with Crippen LogP contribution in [-0.4, -0.2) is 43.0 Å². The van der Waals surface area contributed by atoms with E-state index in [1.807, 2.05) is 60.4 Å². The van der Waals surface area contributed by atoms with E-state index in [1.54, 1.807) is 12.1 Å². The molecule has 0 radical (unpaired) electrons. The maximum Gasteiger partial charge on any atom is 0.252 e. The fourth-order valence-corrected chi connectivity index (χ4v) is 3.33. The van der Waals surface area contributed by atoms with Crippen LogP contribution < -0.4 is 5.32 Å². The van der Waals surface area contributed by atoms with Gasteiger partial charge in [-0.15, -0.1) is 0 Å². The smallest absolute Gasteiger partial charge is 0.252 e. The minimum atomic E-state index is -0.707. The topological polar surface area (TPSA) is 58.6 Å². The standard InChI is InChI=1S/C22H26N2O3/c1-2-24(15-17-13-14-27-16-17)22(26)20(18-9-5-3-6-10-18)23-21(25)19-11-7-4-8-12-19/h3-12,17,20H,2,13-16H2,1H3,(H,23,25). The summed E-state index contributed by atoms with van der Waals surface area (Å²) in [5, 5.41) is 2.93. The molecule has 1 N–H and O–H groups in total. The van der Waals surface area contributed by atoms with Crippen LogP contribution in [0.1, 0.15) is 35.3 Å². The molecule has 0 bridgehead atoms. The molecule has 2 atom stereocenters. The van der Waals surface area contributed by atoms with Crippen molar-refractivity contribution in [3.05, 3.63) is 71.8 Å². The minimum absolute atomic E-state index is 0.0834. The molecule has 2 aromatic rings. The van der Waals surface area contributed by atoms with Crippen molar-refractivity contribution in [3.63, 3.8) is 0 Å². The molecule has 2 unspecified atom stereocenters. The highest BCUT2D eigenvalue weighted by Crippen LogP contribution is 2.20. The van der Waals surface area contributed by atoms with Gasteiger partial charge < -0.3 is 15.0 Å². The van der Waals surface area contributed by atoms with Gasteiger partial charge >= 0.3 is 0 Å². The van der Waals surface area contributed by atoms with Crippen LogP contribution in [0.25, 0.3) is 0 Å². The van der Waals surface area contributed by atoms with E-state index in [0.29, 0.717) is 31.2 Å². The highest BCUT2D eigenvalue weighted by molar-refractivity contribution is 5.97. The maximum atomic E-state index is 13.3. The van der Waals surface area contributed by atoms with Gasteiger partial charge in [0, 0.05) is 31.2 Å². The molecule has 0 spiro atoms. The molecule has 1 fully saturated rings. The van der Waals surface area contributed by atoms with E-state index in [0.717, 1.165) is 18.6 Å². The lowest BCUT2D eigenvalue weighted by atomic mass is 10.0. The highest BCUT2D eigenvalue weighted by atomic mass is 16.5. The van der Waals surface area contributed by atoms with Crippen LogP contribution in [0, 0.1) is 5.92 Å². The molecule has 5 heteroatoms. The van der Waals surface area contributed by atoms with E-state index in [-0.39, 0.29) is 11.8 Å². The average molecular weight is 366 g/mol. The third-order valence-corrected chi connectivity index (χ3v) is 4.89. The summed E-state index contributed by atoms with van der Waals surface area (Å²) in [6.07, 6.45) is 0.968. The van der Waals surface area contributed by atoms with Gasteiger partial charge in [-0.2, -0.15) is 0 Å². The highest BCUT2D eigenvalue weighted by Gasteiger charge is 2.29. The third-order valence-electron chi connectivity index (χ3n) is 4.89. The van der Waals surface area contributed by atoms with E-state index in [9.17, 15) is 9.59 Å². The first-order valence-corrected chi connectivity index (χ1v) is 9.46. The number of hydrogen-bond acceptors (Lipinski definition) is 3. The zero-order valence-electron chi connectivity index (χ0n) is 15.6. The van der Waals surface area contributed by atoms with Crippen molar-refractivity contribution in [2.75, 3.05) is 26.3 Å². The SMILES string of the molecule is CCN(CC1CCOC1)C(=O)C(NC(=O)c1ccccc1)c1ccccc1. The van der Waals surface area contributed by atoms with Crippen LogP contribution in [0.3, 0.4) is 0 Å². The minimum Gasteiger partial charge on any atom is -0.381 e. The van der Waals surface area contributed by atoms with Crippen LogP contribution in [0.5, 0.6) is 0 Å². The molecule has 0 saturated carbocycles. The number of ether oxygens (including phenoxy) is 1. The molecule has 142 valence electrons. The molecular weight excluding hydrogens is 340 g/mol. The number of likely N-dealkylation sites (N-methyl/N-ethyl adjacent to an activating group) is 1. The summed E-state index contributed by atoms with van der Waals surface area (Å²) in [4.78, 5) is 27.8. The van der Waals surface area contributed by atoms with E-state index < -0.39 is 6.04 Å². The normalized spacial score (nSPS) is 17.3. The summed E-state index contributed by atoms with van der Waals surface area (Å²) >= 11 is 0. The van der Waals surface area contributed by atoms with Gasteiger partial charge in [0.05, 0.1) is 6.61 Å². The van der Waals surface area contributed by atoms with Gasteiger partial charge in [-0.05, 0) is 31.0 Å². The number of benzene rings is 2. The fraction of sp³-hybridized carbons (Fsp3) is 0.364. The summed E-state index contributed by atoms with van der Waals surface area (Å²) in [5.41, 5.74) is 1.33. The van der Waals surface area contributed by atoms with Gasteiger partial charge in [0.25, 0.3) is 5.91 Å². The zero-order chi connectivity index (χ0) is 19.1. The lowest BCUT2D eigenvalue weighted by Crippen LogP contribution is -2.44. The molecular formula is C22H26N2O3. The van der Waals surface area contributed by atoms with Crippen LogP contribution >= 0.6 is 0 Å². The number of carbonyl (C=O) groups is 2. The molecule has 0 aliphatic carbocycles. The first-order valence-electron chi connectivity index (χ1n) is 9.46. The number of nitrogens with one attached hydrogen (secondary N) is 1. The Morgan fingerprint density at radius 3 is 2.37 bits per heavy atom. The van der Waals surface area contributed by atoms with Crippen LogP contribution in [0.4, 0.5) is 0 Å². The van der Waals surface area contributed by atoms with Crippen LogP contribution in [0.2, 0.25) is 0 Å². The van der Waals surface area contributed by atoms with Gasteiger partial charge in [0.2, 0.25) is 5.91 Å². The van der Waals surface area contributed by atoms with Crippen LogP contribution in [-0.2, 0) is 9.53 Å². The molecule has 1 saturated heterocycles. The summed E-state index contributed by atoms with van der Waals surface area (Å²) in [7, 11) is 0. The second-order valence-corrected chi connectivity index (χ2v) is 6.79. The van der Waals surface area contributed by atoms with Gasteiger partial charge in [0.15, 0.2) is 0 Å². The summed E-state index contributed by atoms with van der Waals surface area (Å²) in [6.45, 7) is 4.66. The number of amides is 2. The first-order chi connectivity index (χ1) is 13.2. The van der Waals surface area contributed by atoms with Gasteiger partial charge in [-0.1, -0.05) is 48.5 Å². The lowest BCUT2D eigenvalue weighted by molar-refractivity contribution is -0.133. The molecule has 2 aromatic carbocycles. The van der Waals surface area contributed by atoms with Crippen molar-refractivity contribution in [1.29, 1.82) is 0 Å². The van der Waals surface area contributed by atoms with Crippen molar-refractivity contribution in [1.82, 2.24) is 10.2 Å². The average Bonchev–Trinajstić information content (AvgIpc) is 3.24. The predicted octanol–water partition coefficient (Wildman–Crippen LogP) is 3.04. The molecule has 0 aromatic heterocycles. The largest absolute Gasteiger partial charge is 0.381 e. The maximum absolute atomic E-state index is 13.3.